The van der Waals surface area contributed by atoms with E-state index < -0.39 is 5.97 Å². The molecule has 0 saturated heterocycles. The Morgan fingerprint density at radius 1 is 1.04 bits per heavy atom. The monoisotopic (exact) mass is 385 g/mol. The number of aromatic nitrogens is 2. The molecule has 0 aliphatic heterocycles. The molecule has 3 rings (SSSR count). The zero-order valence-electron chi connectivity index (χ0n) is 14.2. The van der Waals surface area contributed by atoms with Gasteiger partial charge in [0.1, 0.15) is 0 Å². The van der Waals surface area contributed by atoms with Crippen LogP contribution in [-0.2, 0) is 16.1 Å². The Labute approximate surface area is 160 Å². The summed E-state index contributed by atoms with van der Waals surface area (Å²) in [6, 6.07) is 15.7. The number of halogens is 1. The second-order valence-corrected chi connectivity index (χ2v) is 5.98. The standard InChI is InChI=1S/C19H16ClN3O4/c20-15-8-6-13(7-9-15)18(25)21-11-10-17(24)26-12-16-22-23-19(27-16)14-4-2-1-3-5-14/h1-9H,10-12H2,(H,21,25). The Hall–Kier alpha value is -3.19. The molecule has 0 bridgehead atoms. The van der Waals surface area contributed by atoms with E-state index in [1.54, 1.807) is 24.3 Å². The van der Waals surface area contributed by atoms with Gasteiger partial charge in [-0.15, -0.1) is 10.2 Å². The molecule has 0 saturated carbocycles. The Morgan fingerprint density at radius 3 is 2.52 bits per heavy atom. The fourth-order valence-corrected chi connectivity index (χ4v) is 2.33. The number of benzene rings is 2. The van der Waals surface area contributed by atoms with Gasteiger partial charge >= 0.3 is 5.97 Å². The molecule has 1 N–H and O–H groups in total. The third kappa shape index (κ3) is 5.39. The second kappa shape index (κ2) is 8.95. The quantitative estimate of drug-likeness (QED) is 0.627. The van der Waals surface area contributed by atoms with Gasteiger partial charge in [-0.25, -0.2) is 0 Å². The van der Waals surface area contributed by atoms with E-state index in [2.05, 4.69) is 15.5 Å². The third-order valence-electron chi connectivity index (χ3n) is 3.57. The van der Waals surface area contributed by atoms with Gasteiger partial charge in [-0.2, -0.15) is 0 Å². The normalized spacial score (nSPS) is 10.4. The Kier molecular flexibility index (Phi) is 6.17. The van der Waals surface area contributed by atoms with Crippen LogP contribution in [0.15, 0.2) is 59.0 Å². The summed E-state index contributed by atoms with van der Waals surface area (Å²) in [6.07, 6.45) is 0.0268. The van der Waals surface area contributed by atoms with Crippen LogP contribution < -0.4 is 5.32 Å². The number of hydrogen-bond donors (Lipinski definition) is 1. The maximum absolute atomic E-state index is 11.9. The van der Waals surface area contributed by atoms with E-state index in [-0.39, 0.29) is 31.4 Å². The fraction of sp³-hybridized carbons (Fsp3) is 0.158. The lowest BCUT2D eigenvalue weighted by Gasteiger charge is -2.05. The predicted molar refractivity (Wildman–Crippen MR) is 97.9 cm³/mol. The first-order chi connectivity index (χ1) is 13.1. The minimum Gasteiger partial charge on any atom is -0.456 e. The van der Waals surface area contributed by atoms with E-state index in [9.17, 15) is 9.59 Å². The Morgan fingerprint density at radius 2 is 1.78 bits per heavy atom. The van der Waals surface area contributed by atoms with Crippen molar-refractivity contribution in [3.8, 4) is 11.5 Å². The molecule has 0 fully saturated rings. The number of carbonyl (C=O) groups excluding carboxylic acids is 2. The summed E-state index contributed by atoms with van der Waals surface area (Å²) in [5, 5.41) is 10.9. The van der Waals surface area contributed by atoms with E-state index in [1.807, 2.05) is 30.3 Å². The summed E-state index contributed by atoms with van der Waals surface area (Å²) < 4.78 is 10.5. The van der Waals surface area contributed by atoms with E-state index >= 15 is 0 Å². The molecule has 3 aromatic rings. The molecule has 138 valence electrons. The molecule has 1 heterocycles. The molecule has 2 aromatic carbocycles. The van der Waals surface area contributed by atoms with Gasteiger partial charge in [-0.05, 0) is 36.4 Å². The van der Waals surface area contributed by atoms with Gasteiger partial charge in [0.25, 0.3) is 11.8 Å². The number of ether oxygens (including phenoxy) is 1. The summed E-state index contributed by atoms with van der Waals surface area (Å²) in [6.45, 7) is 0.0309. The van der Waals surface area contributed by atoms with Crippen LogP contribution in [0, 0.1) is 0 Å². The predicted octanol–water partition coefficient (Wildman–Crippen LogP) is 3.25. The first-order valence-corrected chi connectivity index (χ1v) is 8.57. The summed E-state index contributed by atoms with van der Waals surface area (Å²) in [4.78, 5) is 23.7. The lowest BCUT2D eigenvalue weighted by atomic mass is 10.2. The van der Waals surface area contributed by atoms with E-state index in [1.165, 1.54) is 0 Å². The molecule has 1 amide bonds. The summed E-state index contributed by atoms with van der Waals surface area (Å²) in [5.74, 6) is -0.209. The van der Waals surface area contributed by atoms with Crippen molar-refractivity contribution in [3.05, 3.63) is 71.1 Å². The molecular weight excluding hydrogens is 370 g/mol. The van der Waals surface area contributed by atoms with Crippen molar-refractivity contribution in [2.24, 2.45) is 0 Å². The van der Waals surface area contributed by atoms with Crippen LogP contribution in [0.25, 0.3) is 11.5 Å². The molecule has 0 atom stereocenters. The van der Waals surface area contributed by atoms with E-state index in [4.69, 9.17) is 20.8 Å². The average Bonchev–Trinajstić information content (AvgIpc) is 3.16. The number of nitrogens with one attached hydrogen (secondary N) is 1. The van der Waals surface area contributed by atoms with Gasteiger partial charge in [-0.1, -0.05) is 29.8 Å². The van der Waals surface area contributed by atoms with Crippen LogP contribution in [0.4, 0.5) is 0 Å². The SMILES string of the molecule is O=C(CCNC(=O)c1ccc(Cl)cc1)OCc1nnc(-c2ccccc2)o1. The van der Waals surface area contributed by atoms with Crippen LogP contribution in [0.1, 0.15) is 22.7 Å². The third-order valence-corrected chi connectivity index (χ3v) is 3.82. The lowest BCUT2D eigenvalue weighted by molar-refractivity contribution is -0.145. The van der Waals surface area contributed by atoms with Crippen molar-refractivity contribution in [2.75, 3.05) is 6.54 Å². The van der Waals surface area contributed by atoms with Crippen molar-refractivity contribution in [1.82, 2.24) is 15.5 Å². The molecule has 8 heteroatoms. The van der Waals surface area contributed by atoms with Crippen LogP contribution in [0.2, 0.25) is 5.02 Å². The number of nitrogens with zero attached hydrogens (tertiary/aromatic N) is 2. The highest BCUT2D eigenvalue weighted by Crippen LogP contribution is 2.17. The Bertz CT molecular complexity index is 910. The number of amides is 1. The number of rotatable bonds is 7. The van der Waals surface area contributed by atoms with Crippen molar-refractivity contribution >= 4 is 23.5 Å². The highest BCUT2D eigenvalue weighted by molar-refractivity contribution is 6.30. The van der Waals surface area contributed by atoms with Crippen molar-refractivity contribution in [3.63, 3.8) is 0 Å². The maximum atomic E-state index is 11.9. The van der Waals surface area contributed by atoms with Gasteiger partial charge in [0, 0.05) is 22.7 Å². The number of carbonyl (C=O) groups is 2. The van der Waals surface area contributed by atoms with Crippen LogP contribution >= 0.6 is 11.6 Å². The summed E-state index contributed by atoms with van der Waals surface area (Å²) in [5.41, 5.74) is 1.25. The largest absolute Gasteiger partial charge is 0.456 e. The van der Waals surface area contributed by atoms with Crippen molar-refractivity contribution in [1.29, 1.82) is 0 Å². The zero-order valence-corrected chi connectivity index (χ0v) is 15.0. The molecule has 27 heavy (non-hydrogen) atoms. The van der Waals surface area contributed by atoms with Crippen LogP contribution in [0.3, 0.4) is 0 Å². The minimum atomic E-state index is -0.481. The molecule has 7 nitrogen and oxygen atoms in total. The number of hydrogen-bond acceptors (Lipinski definition) is 6. The molecular formula is C19H16ClN3O4. The summed E-state index contributed by atoms with van der Waals surface area (Å²) >= 11 is 5.77. The Balaban J connectivity index is 1.40. The molecule has 0 unspecified atom stereocenters. The maximum Gasteiger partial charge on any atom is 0.308 e. The molecule has 1 aromatic heterocycles. The summed E-state index contributed by atoms with van der Waals surface area (Å²) in [7, 11) is 0. The van der Waals surface area contributed by atoms with Gasteiger partial charge in [-0.3, -0.25) is 9.59 Å². The molecule has 0 radical (unpaired) electrons. The van der Waals surface area contributed by atoms with Gasteiger partial charge in [0.15, 0.2) is 6.61 Å². The van der Waals surface area contributed by atoms with Crippen LogP contribution in [0.5, 0.6) is 0 Å². The average molecular weight is 386 g/mol. The van der Waals surface area contributed by atoms with Crippen molar-refractivity contribution in [2.45, 2.75) is 13.0 Å². The van der Waals surface area contributed by atoms with E-state index in [0.29, 0.717) is 16.5 Å². The first-order valence-electron chi connectivity index (χ1n) is 8.19. The smallest absolute Gasteiger partial charge is 0.308 e. The van der Waals surface area contributed by atoms with Crippen molar-refractivity contribution < 1.29 is 18.7 Å². The topological polar surface area (TPSA) is 94.3 Å². The van der Waals surface area contributed by atoms with Gasteiger partial charge in [0.2, 0.25) is 5.89 Å². The highest BCUT2D eigenvalue weighted by Gasteiger charge is 2.11. The first kappa shape index (κ1) is 18.6. The van der Waals surface area contributed by atoms with Gasteiger partial charge < -0.3 is 14.5 Å². The van der Waals surface area contributed by atoms with E-state index in [0.717, 1.165) is 5.56 Å². The fourth-order valence-electron chi connectivity index (χ4n) is 2.21. The lowest BCUT2D eigenvalue weighted by Crippen LogP contribution is -2.26. The molecule has 0 aliphatic rings. The molecule has 0 spiro atoms. The second-order valence-electron chi connectivity index (χ2n) is 5.54. The zero-order chi connectivity index (χ0) is 19.1. The minimum absolute atomic E-state index is 0.0268. The van der Waals surface area contributed by atoms with Crippen LogP contribution in [-0.4, -0.2) is 28.6 Å². The number of esters is 1. The van der Waals surface area contributed by atoms with Gasteiger partial charge in [0.05, 0.1) is 6.42 Å². The highest BCUT2D eigenvalue weighted by atomic mass is 35.5. The molecule has 0 aliphatic carbocycles.